The topological polar surface area (TPSA) is 49.3 Å². The minimum Gasteiger partial charge on any atom is -0.478 e. The Labute approximate surface area is 107 Å². The van der Waals surface area contributed by atoms with E-state index in [0.29, 0.717) is 11.3 Å². The summed E-state index contributed by atoms with van der Waals surface area (Å²) >= 11 is 1.46. The molecule has 0 radical (unpaired) electrons. The molecular formula is C13H19NO2S. The number of carboxylic acids is 1. The van der Waals surface area contributed by atoms with Gasteiger partial charge >= 0.3 is 5.97 Å². The molecule has 1 rings (SSSR count). The van der Waals surface area contributed by atoms with Crippen molar-refractivity contribution < 1.29 is 9.90 Å². The van der Waals surface area contributed by atoms with Gasteiger partial charge in [0.2, 0.25) is 0 Å². The number of hydrogen-bond acceptors (Lipinski definition) is 3. The first-order valence-electron chi connectivity index (χ1n) is 5.77. The Hall–Kier alpha value is -1.16. The molecular weight excluding hydrogens is 234 g/mol. The van der Waals surface area contributed by atoms with Crippen LogP contribution in [0, 0.1) is 0 Å². The number of carboxylic acid groups (broad SMARTS) is 1. The first-order valence-corrected chi connectivity index (χ1v) is 6.99. The summed E-state index contributed by atoms with van der Waals surface area (Å²) in [6, 6.07) is 5.84. The van der Waals surface area contributed by atoms with Crippen molar-refractivity contribution in [1.29, 1.82) is 0 Å². The molecule has 4 heteroatoms. The number of thioether (sulfide) groups is 1. The molecule has 3 nitrogen and oxygen atoms in total. The van der Waals surface area contributed by atoms with Gasteiger partial charge in [-0.15, -0.1) is 11.8 Å². The van der Waals surface area contributed by atoms with Crippen LogP contribution in [0.1, 0.15) is 37.0 Å². The third-order valence-corrected chi connectivity index (χ3v) is 3.36. The van der Waals surface area contributed by atoms with Crippen LogP contribution in [0.5, 0.6) is 0 Å². The quantitative estimate of drug-likeness (QED) is 0.759. The number of carbonyl (C=O) groups is 1. The van der Waals surface area contributed by atoms with Crippen LogP contribution in [0.15, 0.2) is 23.1 Å². The van der Waals surface area contributed by atoms with Gasteiger partial charge in [0.15, 0.2) is 0 Å². The van der Waals surface area contributed by atoms with Gasteiger partial charge in [0, 0.05) is 10.9 Å². The van der Waals surface area contributed by atoms with Crippen LogP contribution >= 0.6 is 11.8 Å². The van der Waals surface area contributed by atoms with E-state index in [2.05, 4.69) is 19.2 Å². The monoisotopic (exact) mass is 253 g/mol. The predicted octanol–water partition coefficient (Wildman–Crippen LogP) is 3.71. The van der Waals surface area contributed by atoms with E-state index in [1.807, 2.05) is 24.5 Å². The summed E-state index contributed by atoms with van der Waals surface area (Å²) in [5.41, 5.74) is 1.09. The van der Waals surface area contributed by atoms with Crippen LogP contribution < -0.4 is 5.32 Å². The minimum atomic E-state index is -0.874. The molecule has 1 aromatic carbocycles. The van der Waals surface area contributed by atoms with E-state index in [4.69, 9.17) is 0 Å². The average molecular weight is 253 g/mol. The Bertz CT molecular complexity index is 393. The largest absolute Gasteiger partial charge is 0.478 e. The Morgan fingerprint density at radius 3 is 2.76 bits per heavy atom. The number of benzene rings is 1. The molecule has 0 saturated heterocycles. The highest BCUT2D eigenvalue weighted by atomic mass is 32.2. The van der Waals surface area contributed by atoms with Gasteiger partial charge in [-0.1, -0.05) is 19.4 Å². The maximum absolute atomic E-state index is 11.3. The first kappa shape index (κ1) is 13.9. The van der Waals surface area contributed by atoms with Gasteiger partial charge in [-0.25, -0.2) is 4.79 Å². The lowest BCUT2D eigenvalue weighted by atomic mass is 10.1. The molecule has 0 aromatic heterocycles. The Kier molecular flexibility index (Phi) is 5.35. The van der Waals surface area contributed by atoms with Crippen molar-refractivity contribution in [3.8, 4) is 0 Å². The van der Waals surface area contributed by atoms with E-state index < -0.39 is 5.97 Å². The summed E-state index contributed by atoms with van der Waals surface area (Å²) in [5.74, 6) is -0.874. The summed E-state index contributed by atoms with van der Waals surface area (Å²) in [6.45, 7) is 4.19. The molecule has 1 atom stereocenters. The molecule has 0 spiro atoms. The SMILES string of the molecule is CCCC(C)Nc1cccc(SC)c1C(=O)O. The Morgan fingerprint density at radius 1 is 1.53 bits per heavy atom. The minimum absolute atomic E-state index is 0.287. The van der Waals surface area contributed by atoms with Crippen molar-refractivity contribution >= 4 is 23.4 Å². The third-order valence-electron chi connectivity index (χ3n) is 2.58. The number of nitrogens with one attached hydrogen (secondary N) is 1. The van der Waals surface area contributed by atoms with Crippen LogP contribution in [0.4, 0.5) is 5.69 Å². The smallest absolute Gasteiger partial charge is 0.338 e. The normalized spacial score (nSPS) is 12.2. The summed E-state index contributed by atoms with van der Waals surface area (Å²) in [6.07, 6.45) is 4.00. The number of rotatable bonds is 6. The zero-order chi connectivity index (χ0) is 12.8. The number of anilines is 1. The van der Waals surface area contributed by atoms with Crippen molar-refractivity contribution in [3.05, 3.63) is 23.8 Å². The maximum atomic E-state index is 11.3. The van der Waals surface area contributed by atoms with Gasteiger partial charge in [0.1, 0.15) is 0 Å². The summed E-state index contributed by atoms with van der Waals surface area (Å²) in [7, 11) is 0. The summed E-state index contributed by atoms with van der Waals surface area (Å²) in [5, 5.41) is 12.5. The highest BCUT2D eigenvalue weighted by molar-refractivity contribution is 7.98. The molecule has 1 aromatic rings. The predicted molar refractivity (Wildman–Crippen MR) is 73.2 cm³/mol. The first-order chi connectivity index (χ1) is 8.10. The van der Waals surface area contributed by atoms with Crippen molar-refractivity contribution in [3.63, 3.8) is 0 Å². The molecule has 0 aliphatic carbocycles. The van der Waals surface area contributed by atoms with E-state index in [-0.39, 0.29) is 6.04 Å². The maximum Gasteiger partial charge on any atom is 0.338 e. The van der Waals surface area contributed by atoms with Crippen LogP contribution in [0.2, 0.25) is 0 Å². The fourth-order valence-corrected chi connectivity index (χ4v) is 2.43. The van der Waals surface area contributed by atoms with E-state index in [0.717, 1.165) is 17.7 Å². The molecule has 1 unspecified atom stereocenters. The van der Waals surface area contributed by atoms with Gasteiger partial charge in [-0.3, -0.25) is 0 Å². The molecule has 0 fully saturated rings. The second-order valence-electron chi connectivity index (χ2n) is 4.02. The average Bonchev–Trinajstić information content (AvgIpc) is 2.28. The number of hydrogen-bond donors (Lipinski definition) is 2. The van der Waals surface area contributed by atoms with Gasteiger partial charge in [0.05, 0.1) is 11.3 Å². The van der Waals surface area contributed by atoms with E-state index in [1.165, 1.54) is 11.8 Å². The second kappa shape index (κ2) is 6.55. The van der Waals surface area contributed by atoms with Crippen LogP contribution in [0.3, 0.4) is 0 Å². The molecule has 17 heavy (non-hydrogen) atoms. The van der Waals surface area contributed by atoms with Crippen molar-refractivity contribution in [1.82, 2.24) is 0 Å². The molecule has 0 bridgehead atoms. The van der Waals surface area contributed by atoms with Crippen LogP contribution in [-0.4, -0.2) is 23.4 Å². The highest BCUT2D eigenvalue weighted by Crippen LogP contribution is 2.27. The lowest BCUT2D eigenvalue weighted by Crippen LogP contribution is -2.17. The van der Waals surface area contributed by atoms with Crippen molar-refractivity contribution in [2.75, 3.05) is 11.6 Å². The molecule has 0 heterocycles. The molecule has 2 N–H and O–H groups in total. The Morgan fingerprint density at radius 2 is 2.24 bits per heavy atom. The number of aromatic carboxylic acids is 1. The van der Waals surface area contributed by atoms with Crippen LogP contribution in [0.25, 0.3) is 0 Å². The van der Waals surface area contributed by atoms with Gasteiger partial charge in [-0.05, 0) is 31.7 Å². The van der Waals surface area contributed by atoms with Gasteiger partial charge < -0.3 is 10.4 Å². The standard InChI is InChI=1S/C13H19NO2S/c1-4-6-9(2)14-10-7-5-8-11(17-3)12(10)13(15)16/h5,7-9,14H,4,6H2,1-3H3,(H,15,16). The molecule has 0 amide bonds. The summed E-state index contributed by atoms with van der Waals surface area (Å²) < 4.78 is 0. The van der Waals surface area contributed by atoms with Crippen molar-refractivity contribution in [2.24, 2.45) is 0 Å². The van der Waals surface area contributed by atoms with Gasteiger partial charge in [0.25, 0.3) is 0 Å². The van der Waals surface area contributed by atoms with Crippen LogP contribution in [-0.2, 0) is 0 Å². The molecule has 0 aliphatic heterocycles. The van der Waals surface area contributed by atoms with Crippen molar-refractivity contribution in [2.45, 2.75) is 37.6 Å². The molecule has 94 valence electrons. The molecule has 0 saturated carbocycles. The van der Waals surface area contributed by atoms with E-state index in [1.54, 1.807) is 0 Å². The lowest BCUT2D eigenvalue weighted by Gasteiger charge is -2.17. The van der Waals surface area contributed by atoms with E-state index >= 15 is 0 Å². The lowest BCUT2D eigenvalue weighted by molar-refractivity contribution is 0.0694. The zero-order valence-electron chi connectivity index (χ0n) is 10.5. The fourth-order valence-electron chi connectivity index (χ4n) is 1.81. The highest BCUT2D eigenvalue weighted by Gasteiger charge is 2.15. The fraction of sp³-hybridized carbons (Fsp3) is 0.462. The Balaban J connectivity index is 3.02. The molecule has 0 aliphatic rings. The summed E-state index contributed by atoms with van der Waals surface area (Å²) in [4.78, 5) is 12.1. The van der Waals surface area contributed by atoms with E-state index in [9.17, 15) is 9.90 Å². The van der Waals surface area contributed by atoms with Gasteiger partial charge in [-0.2, -0.15) is 0 Å². The third kappa shape index (κ3) is 3.66. The second-order valence-corrected chi connectivity index (χ2v) is 4.87. The zero-order valence-corrected chi connectivity index (χ0v) is 11.3.